The molecule has 2 aromatic rings. The molecule has 0 radical (unpaired) electrons. The molecular weight excluding hydrogens is 366 g/mol. The van der Waals surface area contributed by atoms with Crippen molar-refractivity contribution in [2.24, 2.45) is 0 Å². The third-order valence-corrected chi connectivity index (χ3v) is 6.31. The molecule has 1 aromatic heterocycles. The third-order valence-electron chi connectivity index (χ3n) is 4.91. The summed E-state index contributed by atoms with van der Waals surface area (Å²) in [6, 6.07) is 10.2. The second-order valence-electron chi connectivity index (χ2n) is 6.96. The van der Waals surface area contributed by atoms with Crippen molar-refractivity contribution >= 4 is 21.6 Å². The number of amides is 1. The van der Waals surface area contributed by atoms with Crippen molar-refractivity contribution in [3.63, 3.8) is 0 Å². The van der Waals surface area contributed by atoms with E-state index in [1.807, 2.05) is 0 Å². The Balaban J connectivity index is 1.61. The number of carbonyl (C=O) groups is 1. The molecule has 8 heteroatoms. The SMILES string of the molecule is C[C@@H]1CCCC[NH+]1CC(=O)Nc1cccc(S(=O)(=O)NCc2ccco2)c1. The molecule has 7 nitrogen and oxygen atoms in total. The van der Waals surface area contributed by atoms with Crippen molar-refractivity contribution < 1.29 is 22.5 Å². The van der Waals surface area contributed by atoms with Gasteiger partial charge in [0.05, 0.1) is 30.3 Å². The number of furan rings is 1. The number of hydrogen-bond donors (Lipinski definition) is 3. The van der Waals surface area contributed by atoms with Crippen LogP contribution in [-0.2, 0) is 21.4 Å². The highest BCUT2D eigenvalue weighted by molar-refractivity contribution is 7.89. The Morgan fingerprint density at radius 2 is 2.11 bits per heavy atom. The number of quaternary nitrogens is 1. The summed E-state index contributed by atoms with van der Waals surface area (Å²) in [6.07, 6.45) is 4.99. The average molecular weight is 393 g/mol. The van der Waals surface area contributed by atoms with Gasteiger partial charge in [0.2, 0.25) is 10.0 Å². The number of carbonyl (C=O) groups excluding carboxylic acids is 1. The predicted molar refractivity (Wildman–Crippen MR) is 102 cm³/mol. The minimum absolute atomic E-state index is 0.0716. The highest BCUT2D eigenvalue weighted by Gasteiger charge is 2.24. The quantitative estimate of drug-likeness (QED) is 0.659. The van der Waals surface area contributed by atoms with Gasteiger partial charge in [0.15, 0.2) is 6.54 Å². The largest absolute Gasteiger partial charge is 0.468 e. The van der Waals surface area contributed by atoms with E-state index in [1.54, 1.807) is 24.3 Å². The van der Waals surface area contributed by atoms with E-state index >= 15 is 0 Å². The number of sulfonamides is 1. The number of likely N-dealkylation sites (tertiary alicyclic amines) is 1. The van der Waals surface area contributed by atoms with Gasteiger partial charge in [0.25, 0.3) is 5.91 Å². The lowest BCUT2D eigenvalue weighted by Crippen LogP contribution is -3.17. The smallest absolute Gasteiger partial charge is 0.279 e. The topological polar surface area (TPSA) is 92.9 Å². The molecule has 1 amide bonds. The second kappa shape index (κ2) is 8.69. The lowest BCUT2D eigenvalue weighted by molar-refractivity contribution is -0.920. The first-order valence-electron chi connectivity index (χ1n) is 9.20. The van der Waals surface area contributed by atoms with Crippen molar-refractivity contribution in [1.29, 1.82) is 0 Å². The van der Waals surface area contributed by atoms with Crippen molar-refractivity contribution in [2.45, 2.75) is 43.7 Å². The van der Waals surface area contributed by atoms with Crippen LogP contribution in [0.4, 0.5) is 5.69 Å². The summed E-state index contributed by atoms with van der Waals surface area (Å²) in [5.41, 5.74) is 0.477. The van der Waals surface area contributed by atoms with Crippen LogP contribution in [0.15, 0.2) is 52.0 Å². The van der Waals surface area contributed by atoms with Crippen molar-refractivity contribution in [2.75, 3.05) is 18.4 Å². The number of benzene rings is 1. The first-order valence-corrected chi connectivity index (χ1v) is 10.7. The highest BCUT2D eigenvalue weighted by Crippen LogP contribution is 2.16. The zero-order chi connectivity index (χ0) is 19.3. The van der Waals surface area contributed by atoms with E-state index in [9.17, 15) is 13.2 Å². The van der Waals surface area contributed by atoms with E-state index in [0.29, 0.717) is 24.0 Å². The molecule has 3 N–H and O–H groups in total. The number of rotatable bonds is 7. The summed E-state index contributed by atoms with van der Waals surface area (Å²) in [5, 5.41) is 2.82. The molecule has 1 aliphatic heterocycles. The van der Waals surface area contributed by atoms with Gasteiger partial charge in [-0.2, -0.15) is 0 Å². The molecule has 0 saturated carbocycles. The fraction of sp³-hybridized carbons (Fsp3) is 0.421. The Morgan fingerprint density at radius 1 is 1.26 bits per heavy atom. The molecule has 0 bridgehead atoms. The van der Waals surface area contributed by atoms with E-state index in [2.05, 4.69) is 17.0 Å². The zero-order valence-corrected chi connectivity index (χ0v) is 16.2. The molecule has 2 heterocycles. The van der Waals surface area contributed by atoms with Crippen LogP contribution in [0.2, 0.25) is 0 Å². The molecule has 1 unspecified atom stereocenters. The van der Waals surface area contributed by atoms with Crippen LogP contribution in [0.25, 0.3) is 0 Å². The van der Waals surface area contributed by atoms with Gasteiger partial charge in [-0.15, -0.1) is 0 Å². The van der Waals surface area contributed by atoms with Crippen LogP contribution in [0.1, 0.15) is 31.9 Å². The van der Waals surface area contributed by atoms with Crippen LogP contribution < -0.4 is 14.9 Å². The predicted octanol–water partition coefficient (Wildman–Crippen LogP) is 1.15. The number of hydrogen-bond acceptors (Lipinski definition) is 4. The summed E-state index contributed by atoms with van der Waals surface area (Å²) < 4.78 is 32.5. The highest BCUT2D eigenvalue weighted by atomic mass is 32.2. The van der Waals surface area contributed by atoms with Gasteiger partial charge in [0.1, 0.15) is 5.76 Å². The van der Waals surface area contributed by atoms with Gasteiger partial charge in [-0.25, -0.2) is 13.1 Å². The monoisotopic (exact) mass is 392 g/mol. The molecule has 146 valence electrons. The maximum absolute atomic E-state index is 12.5. The van der Waals surface area contributed by atoms with Crippen molar-refractivity contribution in [3.05, 3.63) is 48.4 Å². The Morgan fingerprint density at radius 3 is 2.85 bits per heavy atom. The van der Waals surface area contributed by atoms with E-state index in [0.717, 1.165) is 19.4 Å². The maximum atomic E-state index is 12.5. The maximum Gasteiger partial charge on any atom is 0.279 e. The van der Waals surface area contributed by atoms with E-state index in [1.165, 1.54) is 29.7 Å². The lowest BCUT2D eigenvalue weighted by Gasteiger charge is -2.29. The van der Waals surface area contributed by atoms with Crippen molar-refractivity contribution in [1.82, 2.24) is 4.72 Å². The molecule has 0 spiro atoms. The summed E-state index contributed by atoms with van der Waals surface area (Å²) in [6.45, 7) is 3.64. The molecule has 3 rings (SSSR count). The van der Waals surface area contributed by atoms with Crippen LogP contribution in [0, 0.1) is 0 Å². The molecule has 2 atom stereocenters. The molecule has 1 saturated heterocycles. The van der Waals surface area contributed by atoms with Gasteiger partial charge < -0.3 is 14.6 Å². The number of nitrogens with one attached hydrogen (secondary N) is 3. The summed E-state index contributed by atoms with van der Waals surface area (Å²) in [4.78, 5) is 13.7. The van der Waals surface area contributed by atoms with Crippen molar-refractivity contribution in [3.8, 4) is 0 Å². The van der Waals surface area contributed by atoms with E-state index in [4.69, 9.17) is 4.42 Å². The Bertz CT molecular complexity index is 865. The molecular formula is C19H26N3O4S+. The van der Waals surface area contributed by atoms with Gasteiger partial charge in [-0.05, 0) is 56.5 Å². The summed E-state index contributed by atoms with van der Waals surface area (Å²) in [5.74, 6) is 0.429. The Labute approximate surface area is 159 Å². The summed E-state index contributed by atoms with van der Waals surface area (Å²) in [7, 11) is -3.70. The van der Waals surface area contributed by atoms with E-state index in [-0.39, 0.29) is 17.3 Å². The molecule has 1 aliphatic rings. The van der Waals surface area contributed by atoms with Gasteiger partial charge in [-0.3, -0.25) is 4.79 Å². The fourth-order valence-electron chi connectivity index (χ4n) is 3.33. The van der Waals surface area contributed by atoms with Gasteiger partial charge >= 0.3 is 0 Å². The fourth-order valence-corrected chi connectivity index (χ4v) is 4.37. The first kappa shape index (κ1) is 19.6. The molecule has 27 heavy (non-hydrogen) atoms. The zero-order valence-electron chi connectivity index (χ0n) is 15.4. The molecule has 1 aromatic carbocycles. The Hall–Kier alpha value is -2.16. The number of anilines is 1. The minimum Gasteiger partial charge on any atom is -0.468 e. The summed E-state index contributed by atoms with van der Waals surface area (Å²) >= 11 is 0. The standard InChI is InChI=1S/C19H25N3O4S/c1-15-6-2-3-10-22(15)14-19(23)21-16-7-4-9-18(12-16)27(24,25)20-13-17-8-5-11-26-17/h4-5,7-9,11-12,15,20H,2-3,6,10,13-14H2,1H3,(H,21,23)/p+1/t15-/m1/s1. The van der Waals surface area contributed by atoms with Crippen LogP contribution in [-0.4, -0.2) is 33.5 Å². The normalized spacial score (nSPS) is 20.3. The van der Waals surface area contributed by atoms with Crippen LogP contribution in [0.5, 0.6) is 0 Å². The molecule has 0 aliphatic carbocycles. The first-order chi connectivity index (χ1) is 12.9. The number of piperidine rings is 1. The van der Waals surface area contributed by atoms with Crippen LogP contribution >= 0.6 is 0 Å². The van der Waals surface area contributed by atoms with Gasteiger partial charge in [0, 0.05) is 5.69 Å². The van der Waals surface area contributed by atoms with Gasteiger partial charge in [-0.1, -0.05) is 6.07 Å². The minimum atomic E-state index is -3.70. The molecule has 1 fully saturated rings. The second-order valence-corrected chi connectivity index (χ2v) is 8.73. The lowest BCUT2D eigenvalue weighted by atomic mass is 10.0. The Kier molecular flexibility index (Phi) is 6.30. The van der Waals surface area contributed by atoms with E-state index < -0.39 is 10.0 Å². The third kappa shape index (κ3) is 5.41. The van der Waals surface area contributed by atoms with Crippen LogP contribution in [0.3, 0.4) is 0 Å². The average Bonchev–Trinajstić information content (AvgIpc) is 3.16.